The molecule has 2 aromatic carbocycles. The maximum atomic E-state index is 13.3. The van der Waals surface area contributed by atoms with Crippen LogP contribution in [-0.2, 0) is 0 Å². The third kappa shape index (κ3) is 4.89. The number of carbonyl (C=O) groups is 2. The van der Waals surface area contributed by atoms with E-state index < -0.39 is 5.82 Å². The van der Waals surface area contributed by atoms with Crippen molar-refractivity contribution in [2.24, 2.45) is 11.8 Å². The summed E-state index contributed by atoms with van der Waals surface area (Å²) in [5, 5.41) is 2.79. The lowest BCUT2D eigenvalue weighted by atomic mass is 9.75. The van der Waals surface area contributed by atoms with Crippen molar-refractivity contribution in [1.82, 2.24) is 4.90 Å². The third-order valence-electron chi connectivity index (χ3n) is 6.45. The Hall–Kier alpha value is -2.89. The summed E-state index contributed by atoms with van der Waals surface area (Å²) in [7, 11) is 0. The van der Waals surface area contributed by atoms with Gasteiger partial charge in [0, 0.05) is 30.4 Å². The van der Waals surface area contributed by atoms with Crippen LogP contribution in [0.4, 0.5) is 10.1 Å². The number of carbonyl (C=O) groups excluding carboxylic acids is 2. The van der Waals surface area contributed by atoms with Gasteiger partial charge in [-0.25, -0.2) is 4.39 Å². The average Bonchev–Trinajstić information content (AvgIpc) is 2.79. The zero-order valence-corrected chi connectivity index (χ0v) is 17.9. The number of ether oxygens (including phenoxy) is 1. The van der Waals surface area contributed by atoms with E-state index in [1.807, 2.05) is 11.8 Å². The first-order chi connectivity index (χ1) is 15.0. The van der Waals surface area contributed by atoms with Crippen LogP contribution in [0.5, 0.6) is 5.75 Å². The Morgan fingerprint density at radius 1 is 1.06 bits per heavy atom. The minimum absolute atomic E-state index is 0.0103. The summed E-state index contributed by atoms with van der Waals surface area (Å²) in [6, 6.07) is 10.5. The van der Waals surface area contributed by atoms with E-state index in [0.29, 0.717) is 35.1 Å². The summed E-state index contributed by atoms with van der Waals surface area (Å²) < 4.78 is 18.8. The molecule has 164 valence electrons. The first kappa shape index (κ1) is 21.3. The molecule has 5 nitrogen and oxygen atoms in total. The van der Waals surface area contributed by atoms with Crippen LogP contribution in [0.3, 0.4) is 0 Å². The molecule has 1 saturated heterocycles. The molecule has 1 saturated carbocycles. The second-order valence-corrected chi connectivity index (χ2v) is 8.45. The second-order valence-electron chi connectivity index (χ2n) is 8.45. The quantitative estimate of drug-likeness (QED) is 0.724. The van der Waals surface area contributed by atoms with Crippen molar-refractivity contribution in [2.45, 2.75) is 39.0 Å². The van der Waals surface area contributed by atoms with Crippen molar-refractivity contribution in [3.63, 3.8) is 0 Å². The molecule has 2 aromatic rings. The Labute approximate surface area is 182 Å². The standard InChI is InChI=1S/C25H29FN2O3/c1-2-31-23-15-21(27-24(29)18-7-9-20(26)10-8-18)11-12-22(23)25(30)28-14-13-17-5-3-4-6-19(17)16-28/h7-12,15,17,19H,2-6,13-14,16H2,1H3,(H,27,29)/t17-,19+/m1/s1. The maximum Gasteiger partial charge on any atom is 0.257 e. The molecule has 1 aliphatic carbocycles. The Balaban J connectivity index is 1.49. The summed E-state index contributed by atoms with van der Waals surface area (Å²) in [4.78, 5) is 27.7. The minimum atomic E-state index is -0.393. The number of nitrogens with one attached hydrogen (secondary N) is 1. The van der Waals surface area contributed by atoms with E-state index in [0.717, 1.165) is 25.4 Å². The summed E-state index contributed by atoms with van der Waals surface area (Å²) >= 11 is 0. The number of benzene rings is 2. The van der Waals surface area contributed by atoms with E-state index in [9.17, 15) is 14.0 Å². The first-order valence-corrected chi connectivity index (χ1v) is 11.2. The Morgan fingerprint density at radius 3 is 2.55 bits per heavy atom. The van der Waals surface area contributed by atoms with Crippen LogP contribution < -0.4 is 10.1 Å². The van der Waals surface area contributed by atoms with Gasteiger partial charge in [-0.1, -0.05) is 19.3 Å². The molecule has 0 aromatic heterocycles. The highest BCUT2D eigenvalue weighted by molar-refractivity contribution is 6.05. The van der Waals surface area contributed by atoms with Gasteiger partial charge in [-0.3, -0.25) is 9.59 Å². The van der Waals surface area contributed by atoms with E-state index in [1.165, 1.54) is 49.9 Å². The van der Waals surface area contributed by atoms with E-state index in [2.05, 4.69) is 5.32 Å². The Bertz CT molecular complexity index is 944. The van der Waals surface area contributed by atoms with E-state index in [-0.39, 0.29) is 11.8 Å². The predicted octanol–water partition coefficient (Wildman–Crippen LogP) is 5.13. The van der Waals surface area contributed by atoms with Crippen molar-refractivity contribution in [3.8, 4) is 5.75 Å². The molecule has 2 fully saturated rings. The molecule has 4 rings (SSSR count). The number of halogens is 1. The number of amides is 2. The van der Waals surface area contributed by atoms with Gasteiger partial charge in [0.1, 0.15) is 11.6 Å². The highest BCUT2D eigenvalue weighted by atomic mass is 19.1. The van der Waals surface area contributed by atoms with Gasteiger partial charge in [0.2, 0.25) is 0 Å². The highest BCUT2D eigenvalue weighted by Crippen LogP contribution is 2.37. The van der Waals surface area contributed by atoms with Crippen molar-refractivity contribution >= 4 is 17.5 Å². The summed E-state index contributed by atoms with van der Waals surface area (Å²) in [5.41, 5.74) is 1.41. The van der Waals surface area contributed by atoms with Crippen LogP contribution in [0.15, 0.2) is 42.5 Å². The lowest BCUT2D eigenvalue weighted by molar-refractivity contribution is 0.0517. The smallest absolute Gasteiger partial charge is 0.257 e. The number of piperidine rings is 1. The first-order valence-electron chi connectivity index (χ1n) is 11.2. The molecule has 31 heavy (non-hydrogen) atoms. The predicted molar refractivity (Wildman–Crippen MR) is 118 cm³/mol. The van der Waals surface area contributed by atoms with Gasteiger partial charge in [0.25, 0.3) is 11.8 Å². The van der Waals surface area contributed by atoms with Crippen molar-refractivity contribution in [1.29, 1.82) is 0 Å². The molecule has 2 amide bonds. The summed E-state index contributed by atoms with van der Waals surface area (Å²) in [5.74, 6) is 1.08. The molecule has 0 spiro atoms. The SMILES string of the molecule is CCOc1cc(NC(=O)c2ccc(F)cc2)ccc1C(=O)N1CC[C@H]2CCCC[C@H]2C1. The molecule has 2 atom stereocenters. The highest BCUT2D eigenvalue weighted by Gasteiger charge is 2.34. The van der Waals surface area contributed by atoms with Gasteiger partial charge in [0.15, 0.2) is 0 Å². The second kappa shape index (κ2) is 9.50. The lowest BCUT2D eigenvalue weighted by Crippen LogP contribution is -2.44. The molecular formula is C25H29FN2O3. The summed E-state index contributed by atoms with van der Waals surface area (Å²) in [6.07, 6.45) is 6.15. The van der Waals surface area contributed by atoms with Crippen LogP contribution >= 0.6 is 0 Å². The molecule has 1 aliphatic heterocycles. The zero-order chi connectivity index (χ0) is 21.8. The van der Waals surface area contributed by atoms with E-state index >= 15 is 0 Å². The summed E-state index contributed by atoms with van der Waals surface area (Å²) in [6.45, 7) is 3.89. The fourth-order valence-electron chi connectivity index (χ4n) is 4.81. The molecule has 1 heterocycles. The average molecular weight is 425 g/mol. The fraction of sp³-hybridized carbons (Fsp3) is 0.440. The number of anilines is 1. The lowest BCUT2D eigenvalue weighted by Gasteiger charge is -2.41. The Morgan fingerprint density at radius 2 is 1.81 bits per heavy atom. The number of hydrogen-bond acceptors (Lipinski definition) is 3. The topological polar surface area (TPSA) is 58.6 Å². The molecule has 0 unspecified atom stereocenters. The monoisotopic (exact) mass is 424 g/mol. The number of hydrogen-bond donors (Lipinski definition) is 1. The van der Waals surface area contributed by atoms with E-state index in [4.69, 9.17) is 4.74 Å². The molecule has 6 heteroatoms. The maximum absolute atomic E-state index is 13.3. The van der Waals surface area contributed by atoms with Crippen molar-refractivity contribution in [2.75, 3.05) is 25.0 Å². The van der Waals surface area contributed by atoms with Crippen LogP contribution in [0, 0.1) is 17.7 Å². The van der Waals surface area contributed by atoms with Gasteiger partial charge in [-0.2, -0.15) is 0 Å². The zero-order valence-electron chi connectivity index (χ0n) is 17.9. The number of rotatable bonds is 5. The molecule has 1 N–H and O–H groups in total. The van der Waals surface area contributed by atoms with Gasteiger partial charge in [-0.15, -0.1) is 0 Å². The fourth-order valence-corrected chi connectivity index (χ4v) is 4.81. The number of fused-ring (bicyclic) bond motifs is 1. The van der Waals surface area contributed by atoms with Gasteiger partial charge in [-0.05, 0) is 68.0 Å². The van der Waals surface area contributed by atoms with E-state index in [1.54, 1.807) is 18.2 Å². The van der Waals surface area contributed by atoms with Crippen LogP contribution in [0.25, 0.3) is 0 Å². The third-order valence-corrected chi connectivity index (χ3v) is 6.45. The molecule has 0 bridgehead atoms. The molecule has 2 aliphatic rings. The van der Waals surface area contributed by atoms with Crippen molar-refractivity contribution < 1.29 is 18.7 Å². The minimum Gasteiger partial charge on any atom is -0.493 e. The van der Waals surface area contributed by atoms with Gasteiger partial charge < -0.3 is 15.0 Å². The van der Waals surface area contributed by atoms with Crippen LogP contribution in [0.2, 0.25) is 0 Å². The number of likely N-dealkylation sites (tertiary alicyclic amines) is 1. The van der Waals surface area contributed by atoms with Crippen LogP contribution in [0.1, 0.15) is 59.7 Å². The van der Waals surface area contributed by atoms with Gasteiger partial charge in [0.05, 0.1) is 12.2 Å². The molecular weight excluding hydrogens is 395 g/mol. The Kier molecular flexibility index (Phi) is 6.54. The van der Waals surface area contributed by atoms with Gasteiger partial charge >= 0.3 is 0 Å². The largest absolute Gasteiger partial charge is 0.493 e. The van der Waals surface area contributed by atoms with Crippen molar-refractivity contribution in [3.05, 3.63) is 59.4 Å². The normalized spacial score (nSPS) is 20.6. The van der Waals surface area contributed by atoms with Crippen LogP contribution in [-0.4, -0.2) is 36.4 Å². The molecule has 0 radical (unpaired) electrons. The number of nitrogens with zero attached hydrogens (tertiary/aromatic N) is 1.